The molecule has 1 aliphatic rings. The van der Waals surface area contributed by atoms with Crippen molar-refractivity contribution < 1.29 is 13.9 Å². The van der Waals surface area contributed by atoms with Crippen LogP contribution in [0.1, 0.15) is 47.7 Å². The normalized spacial score (nSPS) is 19.8. The molecule has 1 amide bonds. The minimum Gasteiger partial charge on any atom is -0.466 e. The molecule has 1 fully saturated rings. The third-order valence-electron chi connectivity index (χ3n) is 4.20. The van der Waals surface area contributed by atoms with Gasteiger partial charge in [-0.25, -0.2) is 4.98 Å². The largest absolute Gasteiger partial charge is 0.466 e. The molecule has 1 N–H and O–H groups in total. The summed E-state index contributed by atoms with van der Waals surface area (Å²) in [4.78, 5) is 19.0. The van der Waals surface area contributed by atoms with Crippen molar-refractivity contribution in [3.05, 3.63) is 34.8 Å². The summed E-state index contributed by atoms with van der Waals surface area (Å²) in [5, 5.41) is 6.95. The average Bonchev–Trinajstić information content (AvgIpc) is 3.11. The fourth-order valence-electron chi connectivity index (χ4n) is 3.00. The van der Waals surface area contributed by atoms with Crippen molar-refractivity contribution >= 4 is 5.91 Å². The van der Waals surface area contributed by atoms with Crippen LogP contribution in [0.3, 0.4) is 0 Å². The van der Waals surface area contributed by atoms with Crippen molar-refractivity contribution in [3.8, 4) is 0 Å². The van der Waals surface area contributed by atoms with Gasteiger partial charge in [-0.2, -0.15) is 5.10 Å². The Morgan fingerprint density at radius 2 is 2.22 bits per heavy atom. The van der Waals surface area contributed by atoms with Crippen LogP contribution in [0.4, 0.5) is 0 Å². The summed E-state index contributed by atoms with van der Waals surface area (Å²) in [6.07, 6.45) is -0.281. The number of carbonyl (C=O) groups excluding carboxylic acids is 1. The van der Waals surface area contributed by atoms with Gasteiger partial charge in [0, 0.05) is 12.1 Å². The van der Waals surface area contributed by atoms with Crippen LogP contribution in [0.2, 0.25) is 0 Å². The smallest absolute Gasteiger partial charge is 0.230 e. The Kier molecular flexibility index (Phi) is 4.21. The molecule has 2 atom stereocenters. The van der Waals surface area contributed by atoms with Gasteiger partial charge < -0.3 is 14.1 Å². The van der Waals surface area contributed by atoms with Gasteiger partial charge in [-0.15, -0.1) is 0 Å². The monoisotopic (exact) mass is 318 g/mol. The quantitative estimate of drug-likeness (QED) is 0.936. The molecule has 1 saturated heterocycles. The first-order valence-corrected chi connectivity index (χ1v) is 7.82. The average molecular weight is 318 g/mol. The predicted molar refractivity (Wildman–Crippen MR) is 83.0 cm³/mol. The number of carbonyl (C=O) groups is 1. The number of rotatable bonds is 3. The first kappa shape index (κ1) is 15.7. The molecule has 3 rings (SSSR count). The Morgan fingerprint density at radius 1 is 1.43 bits per heavy atom. The number of hydrogen-bond acceptors (Lipinski definition) is 5. The number of nitrogens with zero attached hydrogens (tertiary/aromatic N) is 3. The maximum Gasteiger partial charge on any atom is 0.230 e. The van der Waals surface area contributed by atoms with Crippen molar-refractivity contribution in [3.63, 3.8) is 0 Å². The van der Waals surface area contributed by atoms with Gasteiger partial charge in [-0.1, -0.05) is 0 Å². The first-order valence-electron chi connectivity index (χ1n) is 7.82. The van der Waals surface area contributed by atoms with Gasteiger partial charge >= 0.3 is 0 Å². The Morgan fingerprint density at radius 3 is 2.83 bits per heavy atom. The number of H-pyrrole nitrogens is 1. The fourth-order valence-corrected chi connectivity index (χ4v) is 3.00. The number of ether oxygens (including phenoxy) is 1. The summed E-state index contributed by atoms with van der Waals surface area (Å²) in [6.45, 7) is 9.08. The van der Waals surface area contributed by atoms with Crippen LogP contribution in [0.25, 0.3) is 0 Å². The number of amides is 1. The van der Waals surface area contributed by atoms with Gasteiger partial charge in [0.2, 0.25) is 5.91 Å². The van der Waals surface area contributed by atoms with Gasteiger partial charge in [-0.05, 0) is 33.8 Å². The molecule has 124 valence electrons. The molecule has 3 heterocycles. The summed E-state index contributed by atoms with van der Waals surface area (Å²) < 4.78 is 11.3. The molecule has 0 radical (unpaired) electrons. The van der Waals surface area contributed by atoms with Crippen LogP contribution in [-0.4, -0.2) is 45.7 Å². The molecule has 23 heavy (non-hydrogen) atoms. The molecule has 0 bridgehead atoms. The minimum absolute atomic E-state index is 0.0782. The van der Waals surface area contributed by atoms with Gasteiger partial charge in [0.15, 0.2) is 5.82 Å². The summed E-state index contributed by atoms with van der Waals surface area (Å²) in [5.74, 6) is 2.81. The number of aromatic nitrogens is 3. The lowest BCUT2D eigenvalue weighted by Gasteiger charge is -2.33. The standard InChI is InChI=1S/C16H22N4O3/c1-9-7-13(11(3)23-9)10(2)16(21)20-5-6-22-14(8-20)15-17-12(4)18-19-15/h7,10,14H,5-6,8H2,1-4H3,(H,17,18,19)/t10-,14+/m0/s1. The molecule has 7 nitrogen and oxygen atoms in total. The highest BCUT2D eigenvalue weighted by Crippen LogP contribution is 2.27. The zero-order valence-electron chi connectivity index (χ0n) is 13.9. The van der Waals surface area contributed by atoms with Crippen LogP contribution in [-0.2, 0) is 9.53 Å². The number of furan rings is 1. The highest BCUT2D eigenvalue weighted by atomic mass is 16.5. The Labute approximate surface area is 135 Å². The van der Waals surface area contributed by atoms with Crippen LogP contribution in [0.15, 0.2) is 10.5 Å². The van der Waals surface area contributed by atoms with E-state index in [9.17, 15) is 4.79 Å². The van der Waals surface area contributed by atoms with E-state index in [1.807, 2.05) is 38.7 Å². The molecule has 0 spiro atoms. The molecule has 2 aromatic heterocycles. The molecular formula is C16H22N4O3. The van der Waals surface area contributed by atoms with E-state index in [2.05, 4.69) is 15.2 Å². The summed E-state index contributed by atoms with van der Waals surface area (Å²) >= 11 is 0. The van der Waals surface area contributed by atoms with Gasteiger partial charge in [-0.3, -0.25) is 9.89 Å². The van der Waals surface area contributed by atoms with Crippen molar-refractivity contribution in [2.45, 2.75) is 39.7 Å². The van der Waals surface area contributed by atoms with Crippen molar-refractivity contribution in [1.29, 1.82) is 0 Å². The lowest BCUT2D eigenvalue weighted by molar-refractivity contribution is -0.140. The fraction of sp³-hybridized carbons (Fsp3) is 0.562. The van der Waals surface area contributed by atoms with Crippen LogP contribution >= 0.6 is 0 Å². The maximum atomic E-state index is 12.8. The number of aromatic amines is 1. The zero-order valence-corrected chi connectivity index (χ0v) is 13.9. The topological polar surface area (TPSA) is 84.2 Å². The maximum absolute atomic E-state index is 12.8. The molecular weight excluding hydrogens is 296 g/mol. The van der Waals surface area contributed by atoms with E-state index < -0.39 is 0 Å². The van der Waals surface area contributed by atoms with Crippen LogP contribution in [0.5, 0.6) is 0 Å². The summed E-state index contributed by atoms with van der Waals surface area (Å²) in [7, 11) is 0. The molecule has 0 unspecified atom stereocenters. The zero-order chi connectivity index (χ0) is 16.6. The predicted octanol–water partition coefficient (Wildman–Crippen LogP) is 2.03. The van der Waals surface area contributed by atoms with E-state index in [0.29, 0.717) is 25.5 Å². The molecule has 7 heteroatoms. The first-order chi connectivity index (χ1) is 11.0. The second kappa shape index (κ2) is 6.16. The lowest BCUT2D eigenvalue weighted by Crippen LogP contribution is -2.44. The Bertz CT molecular complexity index is 706. The third-order valence-corrected chi connectivity index (χ3v) is 4.20. The molecule has 2 aromatic rings. The van der Waals surface area contributed by atoms with Crippen molar-refractivity contribution in [2.75, 3.05) is 19.7 Å². The van der Waals surface area contributed by atoms with E-state index in [1.165, 1.54) is 0 Å². The molecule has 0 saturated carbocycles. The number of nitrogens with one attached hydrogen (secondary N) is 1. The van der Waals surface area contributed by atoms with Gasteiger partial charge in [0.1, 0.15) is 23.4 Å². The molecule has 0 aliphatic carbocycles. The second-order valence-corrected chi connectivity index (χ2v) is 6.01. The van der Waals surface area contributed by atoms with E-state index >= 15 is 0 Å². The van der Waals surface area contributed by atoms with Crippen molar-refractivity contribution in [1.82, 2.24) is 20.1 Å². The van der Waals surface area contributed by atoms with Crippen LogP contribution in [0, 0.1) is 20.8 Å². The highest BCUT2D eigenvalue weighted by molar-refractivity contribution is 5.83. The number of aryl methyl sites for hydroxylation is 3. The Hall–Kier alpha value is -2.15. The number of hydrogen-bond donors (Lipinski definition) is 1. The second-order valence-electron chi connectivity index (χ2n) is 6.01. The molecule has 0 aromatic carbocycles. The van der Waals surface area contributed by atoms with Crippen molar-refractivity contribution in [2.24, 2.45) is 0 Å². The van der Waals surface area contributed by atoms with Gasteiger partial charge in [0.05, 0.1) is 19.1 Å². The molecule has 1 aliphatic heterocycles. The highest BCUT2D eigenvalue weighted by Gasteiger charge is 2.31. The third kappa shape index (κ3) is 3.14. The van der Waals surface area contributed by atoms with E-state index in [0.717, 1.165) is 22.9 Å². The Balaban J connectivity index is 1.73. The van der Waals surface area contributed by atoms with E-state index in [-0.39, 0.29) is 17.9 Å². The van der Waals surface area contributed by atoms with Gasteiger partial charge in [0.25, 0.3) is 0 Å². The van der Waals surface area contributed by atoms with Crippen LogP contribution < -0.4 is 0 Å². The van der Waals surface area contributed by atoms with E-state index in [4.69, 9.17) is 9.15 Å². The minimum atomic E-state index is -0.281. The van der Waals surface area contributed by atoms with E-state index in [1.54, 1.807) is 0 Å². The lowest BCUT2D eigenvalue weighted by atomic mass is 9.99. The number of morpholine rings is 1. The summed E-state index contributed by atoms with van der Waals surface area (Å²) in [5.41, 5.74) is 0.948. The SMILES string of the molecule is Cc1nc([C@H]2CN(C(=O)[C@@H](C)c3cc(C)oc3C)CCO2)n[nH]1. The summed E-state index contributed by atoms with van der Waals surface area (Å²) in [6, 6.07) is 1.94.